The summed E-state index contributed by atoms with van der Waals surface area (Å²) >= 11 is 0. The fourth-order valence-electron chi connectivity index (χ4n) is 1.83. The Hall–Kier alpha value is -0.120. The summed E-state index contributed by atoms with van der Waals surface area (Å²) in [5.74, 6) is 0. The molecule has 0 amide bonds. The van der Waals surface area contributed by atoms with E-state index >= 15 is 0 Å². The molecule has 3 heteroatoms. The lowest BCUT2D eigenvalue weighted by Crippen LogP contribution is -2.39. The van der Waals surface area contributed by atoms with Crippen LogP contribution in [0.15, 0.2) is 0 Å². The van der Waals surface area contributed by atoms with Crippen molar-refractivity contribution < 1.29 is 0 Å². The fraction of sp³-hybridized carbons (Fsp3) is 1.00. The number of hydrogen-bond donors (Lipinski definition) is 0. The van der Waals surface area contributed by atoms with Gasteiger partial charge in [-0.1, -0.05) is 13.8 Å². The molecule has 0 N–H and O–H groups in total. The van der Waals surface area contributed by atoms with Gasteiger partial charge in [0.2, 0.25) is 0 Å². The predicted octanol–water partition coefficient (Wildman–Crippen LogP) is 2.38. The van der Waals surface area contributed by atoms with Gasteiger partial charge in [0.1, 0.15) is 0 Å². The Balaban J connectivity index is 3.74. The lowest BCUT2D eigenvalue weighted by atomic mass is 10.2. The van der Waals surface area contributed by atoms with E-state index in [0.717, 1.165) is 13.1 Å². The monoisotopic (exact) mass is 257 g/mol. The van der Waals surface area contributed by atoms with Crippen LogP contribution in [0.5, 0.6) is 0 Å². The number of likely N-dealkylation sites (N-methyl/N-ethyl adjacent to an activating group) is 3. The van der Waals surface area contributed by atoms with Crippen molar-refractivity contribution in [1.82, 2.24) is 14.7 Å². The minimum Gasteiger partial charge on any atom is -0.304 e. The third-order valence-electron chi connectivity index (χ3n) is 4.36. The Morgan fingerprint density at radius 1 is 0.667 bits per heavy atom. The molecule has 0 rings (SSSR count). The zero-order chi connectivity index (χ0) is 14.1. The molecular formula is C15H35N3. The van der Waals surface area contributed by atoms with Gasteiger partial charge in [-0.3, -0.25) is 0 Å². The summed E-state index contributed by atoms with van der Waals surface area (Å²) in [6, 6.07) is 1.39. The zero-order valence-corrected chi connectivity index (χ0v) is 13.7. The smallest absolute Gasteiger partial charge is 0.0109 e. The summed E-state index contributed by atoms with van der Waals surface area (Å²) in [4.78, 5) is 7.35. The molecule has 0 aliphatic heterocycles. The topological polar surface area (TPSA) is 9.72 Å². The first kappa shape index (κ1) is 17.9. The van der Waals surface area contributed by atoms with Gasteiger partial charge in [-0.15, -0.1) is 0 Å². The molecule has 2 atom stereocenters. The number of nitrogens with zero attached hydrogens (tertiary/aromatic N) is 3. The number of hydrogen-bond acceptors (Lipinski definition) is 3. The predicted molar refractivity (Wildman–Crippen MR) is 82.3 cm³/mol. The molecule has 0 fully saturated rings. The lowest BCUT2D eigenvalue weighted by molar-refractivity contribution is 0.183. The lowest BCUT2D eigenvalue weighted by Gasteiger charge is -2.29. The van der Waals surface area contributed by atoms with Crippen LogP contribution < -0.4 is 0 Å². The first-order chi connectivity index (χ1) is 8.42. The second-order valence-corrected chi connectivity index (χ2v) is 5.78. The second kappa shape index (κ2) is 9.76. The van der Waals surface area contributed by atoms with Crippen molar-refractivity contribution in [2.75, 3.05) is 47.3 Å². The second-order valence-electron chi connectivity index (χ2n) is 5.78. The Morgan fingerprint density at radius 2 is 1.00 bits per heavy atom. The molecule has 0 bridgehead atoms. The normalized spacial score (nSPS) is 15.7. The molecule has 3 nitrogen and oxygen atoms in total. The van der Waals surface area contributed by atoms with Gasteiger partial charge in [0.15, 0.2) is 0 Å². The van der Waals surface area contributed by atoms with Crippen molar-refractivity contribution in [2.24, 2.45) is 0 Å². The highest BCUT2D eigenvalue weighted by molar-refractivity contribution is 4.66. The Morgan fingerprint density at radius 3 is 1.28 bits per heavy atom. The largest absolute Gasteiger partial charge is 0.304 e. The molecular weight excluding hydrogens is 222 g/mol. The summed E-state index contributed by atoms with van der Waals surface area (Å²) in [6.45, 7) is 13.8. The summed E-state index contributed by atoms with van der Waals surface area (Å²) in [5.41, 5.74) is 0. The average molecular weight is 257 g/mol. The van der Waals surface area contributed by atoms with Crippen LogP contribution in [0.1, 0.15) is 40.5 Å². The van der Waals surface area contributed by atoms with Crippen LogP contribution >= 0.6 is 0 Å². The highest BCUT2D eigenvalue weighted by Gasteiger charge is 2.10. The van der Waals surface area contributed by atoms with E-state index in [2.05, 4.69) is 63.5 Å². The van der Waals surface area contributed by atoms with Crippen LogP contribution in [0.25, 0.3) is 0 Å². The molecule has 0 aliphatic rings. The van der Waals surface area contributed by atoms with Crippen molar-refractivity contribution in [3.05, 3.63) is 0 Å². The van der Waals surface area contributed by atoms with Gasteiger partial charge in [0.25, 0.3) is 0 Å². The summed E-state index contributed by atoms with van der Waals surface area (Å²) in [7, 11) is 6.69. The standard InChI is InChI=1S/C15H35N3/c1-8-14(3)17(6)12-10-16(5)11-13-18(7)15(4)9-2/h14-15H,8-13H2,1-7H3. The van der Waals surface area contributed by atoms with Gasteiger partial charge in [-0.05, 0) is 47.8 Å². The van der Waals surface area contributed by atoms with Gasteiger partial charge in [-0.2, -0.15) is 0 Å². The molecule has 0 aromatic carbocycles. The Kier molecular flexibility index (Phi) is 9.70. The van der Waals surface area contributed by atoms with E-state index in [1.165, 1.54) is 25.9 Å². The van der Waals surface area contributed by atoms with E-state index in [4.69, 9.17) is 0 Å². The SMILES string of the molecule is CCC(C)N(C)CCN(C)CCN(C)C(C)CC. The van der Waals surface area contributed by atoms with Crippen LogP contribution in [0.4, 0.5) is 0 Å². The minimum atomic E-state index is 0.696. The molecule has 0 radical (unpaired) electrons. The van der Waals surface area contributed by atoms with E-state index < -0.39 is 0 Å². The molecule has 18 heavy (non-hydrogen) atoms. The third-order valence-corrected chi connectivity index (χ3v) is 4.36. The van der Waals surface area contributed by atoms with E-state index in [-0.39, 0.29) is 0 Å². The van der Waals surface area contributed by atoms with Crippen LogP contribution in [0.3, 0.4) is 0 Å². The molecule has 2 unspecified atom stereocenters. The van der Waals surface area contributed by atoms with Gasteiger partial charge >= 0.3 is 0 Å². The quantitative estimate of drug-likeness (QED) is 0.595. The highest BCUT2D eigenvalue weighted by Crippen LogP contribution is 2.01. The van der Waals surface area contributed by atoms with Gasteiger partial charge in [0.05, 0.1) is 0 Å². The van der Waals surface area contributed by atoms with Crippen molar-refractivity contribution in [2.45, 2.75) is 52.6 Å². The maximum Gasteiger partial charge on any atom is 0.0109 e. The summed E-state index contributed by atoms with van der Waals surface area (Å²) in [5, 5.41) is 0. The Labute approximate surface area is 115 Å². The molecule has 0 aromatic heterocycles. The molecule has 0 heterocycles. The van der Waals surface area contributed by atoms with E-state index in [0.29, 0.717) is 12.1 Å². The average Bonchev–Trinajstić information content (AvgIpc) is 2.39. The van der Waals surface area contributed by atoms with Crippen molar-refractivity contribution >= 4 is 0 Å². The molecule has 0 aromatic rings. The van der Waals surface area contributed by atoms with E-state index in [1.54, 1.807) is 0 Å². The minimum absolute atomic E-state index is 0.696. The van der Waals surface area contributed by atoms with Crippen LogP contribution in [0.2, 0.25) is 0 Å². The van der Waals surface area contributed by atoms with Crippen molar-refractivity contribution in [3.8, 4) is 0 Å². The van der Waals surface area contributed by atoms with Gasteiger partial charge < -0.3 is 14.7 Å². The highest BCUT2D eigenvalue weighted by atomic mass is 15.2. The molecule has 110 valence electrons. The third kappa shape index (κ3) is 7.34. The maximum absolute atomic E-state index is 2.45. The van der Waals surface area contributed by atoms with E-state index in [9.17, 15) is 0 Å². The van der Waals surface area contributed by atoms with Gasteiger partial charge in [-0.25, -0.2) is 0 Å². The summed E-state index contributed by atoms with van der Waals surface area (Å²) < 4.78 is 0. The molecule has 0 aliphatic carbocycles. The first-order valence-electron chi connectivity index (χ1n) is 7.51. The fourth-order valence-corrected chi connectivity index (χ4v) is 1.83. The molecule has 0 saturated carbocycles. The summed E-state index contributed by atoms with van der Waals surface area (Å²) in [6.07, 6.45) is 2.47. The Bertz CT molecular complexity index is 176. The molecule has 0 spiro atoms. The number of rotatable bonds is 10. The zero-order valence-electron chi connectivity index (χ0n) is 13.7. The van der Waals surface area contributed by atoms with E-state index in [1.807, 2.05) is 0 Å². The van der Waals surface area contributed by atoms with Crippen LogP contribution in [-0.2, 0) is 0 Å². The van der Waals surface area contributed by atoms with Gasteiger partial charge in [0, 0.05) is 38.3 Å². The van der Waals surface area contributed by atoms with Crippen molar-refractivity contribution in [1.29, 1.82) is 0 Å². The first-order valence-corrected chi connectivity index (χ1v) is 7.51. The van der Waals surface area contributed by atoms with Crippen molar-refractivity contribution in [3.63, 3.8) is 0 Å². The van der Waals surface area contributed by atoms with Crippen LogP contribution in [-0.4, -0.2) is 74.1 Å². The maximum atomic E-state index is 2.45. The van der Waals surface area contributed by atoms with Crippen LogP contribution in [0, 0.1) is 0 Å². The molecule has 0 saturated heterocycles.